The fourth-order valence-corrected chi connectivity index (χ4v) is 2.14. The number of halogens is 2. The van der Waals surface area contributed by atoms with Crippen molar-refractivity contribution in [3.63, 3.8) is 0 Å². The zero-order valence-electron chi connectivity index (χ0n) is 10.5. The number of nitrogens with one attached hydrogen (secondary N) is 1. The molecule has 3 nitrogen and oxygen atoms in total. The van der Waals surface area contributed by atoms with Crippen LogP contribution in [0.2, 0.25) is 10.3 Å². The van der Waals surface area contributed by atoms with E-state index in [1.807, 2.05) is 32.0 Å². The van der Waals surface area contributed by atoms with E-state index in [1.54, 1.807) is 0 Å². The summed E-state index contributed by atoms with van der Waals surface area (Å²) in [6.45, 7) is 3.95. The summed E-state index contributed by atoms with van der Waals surface area (Å²) in [5.41, 5.74) is 3.30. The van der Waals surface area contributed by atoms with Gasteiger partial charge in [0.25, 0.3) is 5.91 Å². The summed E-state index contributed by atoms with van der Waals surface area (Å²) < 4.78 is 0. The summed E-state index contributed by atoms with van der Waals surface area (Å²) in [5, 5.41) is 3.22. The molecule has 0 radical (unpaired) electrons. The van der Waals surface area contributed by atoms with Gasteiger partial charge in [-0.2, -0.15) is 0 Å². The summed E-state index contributed by atoms with van der Waals surface area (Å²) in [5.74, 6) is -0.264. The van der Waals surface area contributed by atoms with Gasteiger partial charge >= 0.3 is 0 Å². The molecule has 0 spiro atoms. The van der Waals surface area contributed by atoms with Gasteiger partial charge in [0.15, 0.2) is 0 Å². The number of nitrogens with zero attached hydrogens (tertiary/aromatic N) is 1. The molecule has 5 heteroatoms. The number of benzene rings is 1. The van der Waals surface area contributed by atoms with Crippen molar-refractivity contribution in [1.82, 2.24) is 4.98 Å². The predicted octanol–water partition coefficient (Wildman–Crippen LogP) is 4.26. The van der Waals surface area contributed by atoms with E-state index in [1.165, 1.54) is 12.1 Å². The van der Waals surface area contributed by atoms with Crippen LogP contribution in [0.5, 0.6) is 0 Å². The first kappa shape index (κ1) is 13.8. The molecule has 1 N–H and O–H groups in total. The van der Waals surface area contributed by atoms with Crippen molar-refractivity contribution in [2.24, 2.45) is 0 Å². The van der Waals surface area contributed by atoms with Gasteiger partial charge in [0.2, 0.25) is 0 Å². The van der Waals surface area contributed by atoms with Crippen LogP contribution in [0, 0.1) is 13.8 Å². The molecule has 0 saturated heterocycles. The lowest BCUT2D eigenvalue weighted by atomic mass is 10.1. The van der Waals surface area contributed by atoms with Gasteiger partial charge in [-0.25, -0.2) is 4.98 Å². The number of carbonyl (C=O) groups excluding carboxylic acids is 1. The van der Waals surface area contributed by atoms with Crippen molar-refractivity contribution in [2.45, 2.75) is 13.8 Å². The highest BCUT2D eigenvalue weighted by Gasteiger charge is 2.10. The standard InChI is InChI=1S/C14H12Cl2N2O/c1-8-4-3-5-11(9(8)2)17-14(19)10-6-12(15)18-13(16)7-10/h3-7H,1-2H3,(H,17,19). The molecule has 1 aromatic carbocycles. The molecular formula is C14H12Cl2N2O. The lowest BCUT2D eigenvalue weighted by molar-refractivity contribution is 0.102. The summed E-state index contributed by atoms with van der Waals surface area (Å²) in [6.07, 6.45) is 0. The third-order valence-corrected chi connectivity index (χ3v) is 3.27. The van der Waals surface area contributed by atoms with E-state index in [-0.39, 0.29) is 16.2 Å². The molecule has 0 saturated carbocycles. The Kier molecular flexibility index (Phi) is 4.08. The third kappa shape index (κ3) is 3.25. The lowest BCUT2D eigenvalue weighted by Crippen LogP contribution is -2.13. The second-order valence-corrected chi connectivity index (χ2v) is 4.98. The van der Waals surface area contributed by atoms with Crippen LogP contribution in [0.15, 0.2) is 30.3 Å². The van der Waals surface area contributed by atoms with Gasteiger partial charge in [-0.1, -0.05) is 35.3 Å². The molecular weight excluding hydrogens is 283 g/mol. The van der Waals surface area contributed by atoms with Crippen LogP contribution in [0.25, 0.3) is 0 Å². The largest absolute Gasteiger partial charge is 0.322 e. The first-order valence-corrected chi connectivity index (χ1v) is 6.43. The van der Waals surface area contributed by atoms with Crippen LogP contribution in [0.3, 0.4) is 0 Å². The molecule has 19 heavy (non-hydrogen) atoms. The molecule has 0 aliphatic rings. The maximum atomic E-state index is 12.1. The molecule has 1 heterocycles. The van der Waals surface area contributed by atoms with E-state index in [2.05, 4.69) is 10.3 Å². The van der Waals surface area contributed by atoms with Crippen LogP contribution in [-0.4, -0.2) is 10.9 Å². The zero-order chi connectivity index (χ0) is 14.0. The second-order valence-electron chi connectivity index (χ2n) is 4.20. The Hall–Kier alpha value is -1.58. The van der Waals surface area contributed by atoms with Crippen LogP contribution in [-0.2, 0) is 0 Å². The van der Waals surface area contributed by atoms with Crippen molar-refractivity contribution in [1.29, 1.82) is 0 Å². The van der Waals surface area contributed by atoms with E-state index in [9.17, 15) is 4.79 Å². The number of aryl methyl sites for hydroxylation is 1. The van der Waals surface area contributed by atoms with Crippen LogP contribution >= 0.6 is 23.2 Å². The molecule has 0 fully saturated rings. The first-order chi connectivity index (χ1) is 8.97. The van der Waals surface area contributed by atoms with Crippen molar-refractivity contribution in [3.05, 3.63) is 57.3 Å². The molecule has 0 unspecified atom stereocenters. The molecule has 0 aliphatic heterocycles. The Morgan fingerprint density at radius 1 is 1.16 bits per heavy atom. The van der Waals surface area contributed by atoms with E-state index in [0.29, 0.717) is 5.56 Å². The Labute approximate surface area is 121 Å². The minimum Gasteiger partial charge on any atom is -0.322 e. The summed E-state index contributed by atoms with van der Waals surface area (Å²) in [4.78, 5) is 15.9. The molecule has 2 aromatic rings. The summed E-state index contributed by atoms with van der Waals surface area (Å²) >= 11 is 11.6. The first-order valence-electron chi connectivity index (χ1n) is 5.68. The third-order valence-electron chi connectivity index (χ3n) is 2.88. The van der Waals surface area contributed by atoms with Crippen LogP contribution in [0.4, 0.5) is 5.69 Å². The number of pyridine rings is 1. The Balaban J connectivity index is 2.28. The lowest BCUT2D eigenvalue weighted by Gasteiger charge is -2.10. The number of hydrogen-bond donors (Lipinski definition) is 1. The van der Waals surface area contributed by atoms with E-state index < -0.39 is 0 Å². The number of hydrogen-bond acceptors (Lipinski definition) is 2. The van der Waals surface area contributed by atoms with Crippen LogP contribution in [0.1, 0.15) is 21.5 Å². The summed E-state index contributed by atoms with van der Waals surface area (Å²) in [7, 11) is 0. The monoisotopic (exact) mass is 294 g/mol. The Morgan fingerprint density at radius 3 is 2.42 bits per heavy atom. The van der Waals surface area contributed by atoms with Gasteiger partial charge < -0.3 is 5.32 Å². The number of anilines is 1. The maximum absolute atomic E-state index is 12.1. The average Bonchev–Trinajstić information content (AvgIpc) is 2.33. The minimum absolute atomic E-state index is 0.193. The van der Waals surface area contributed by atoms with E-state index in [0.717, 1.165) is 16.8 Å². The molecule has 0 bridgehead atoms. The van der Waals surface area contributed by atoms with Crippen molar-refractivity contribution in [3.8, 4) is 0 Å². The van der Waals surface area contributed by atoms with Crippen molar-refractivity contribution < 1.29 is 4.79 Å². The van der Waals surface area contributed by atoms with Crippen LogP contribution < -0.4 is 5.32 Å². The highest BCUT2D eigenvalue weighted by molar-refractivity contribution is 6.33. The number of carbonyl (C=O) groups is 1. The van der Waals surface area contributed by atoms with Crippen molar-refractivity contribution >= 4 is 34.8 Å². The SMILES string of the molecule is Cc1cccc(NC(=O)c2cc(Cl)nc(Cl)c2)c1C. The quantitative estimate of drug-likeness (QED) is 0.841. The Morgan fingerprint density at radius 2 is 1.79 bits per heavy atom. The molecule has 0 atom stereocenters. The highest BCUT2D eigenvalue weighted by Crippen LogP contribution is 2.20. The van der Waals surface area contributed by atoms with E-state index in [4.69, 9.17) is 23.2 Å². The molecule has 2 rings (SSSR count). The van der Waals surface area contributed by atoms with Gasteiger partial charge in [-0.05, 0) is 43.2 Å². The van der Waals surface area contributed by atoms with Gasteiger partial charge in [0.05, 0.1) is 0 Å². The smallest absolute Gasteiger partial charge is 0.255 e. The van der Waals surface area contributed by atoms with Gasteiger partial charge in [-0.3, -0.25) is 4.79 Å². The van der Waals surface area contributed by atoms with Gasteiger partial charge in [-0.15, -0.1) is 0 Å². The van der Waals surface area contributed by atoms with Crippen molar-refractivity contribution in [2.75, 3.05) is 5.32 Å². The topological polar surface area (TPSA) is 42.0 Å². The number of amides is 1. The highest BCUT2D eigenvalue weighted by atomic mass is 35.5. The second kappa shape index (κ2) is 5.59. The minimum atomic E-state index is -0.264. The summed E-state index contributed by atoms with van der Waals surface area (Å²) in [6, 6.07) is 8.70. The predicted molar refractivity (Wildman–Crippen MR) is 78.1 cm³/mol. The fourth-order valence-electron chi connectivity index (χ4n) is 1.68. The fraction of sp³-hybridized carbons (Fsp3) is 0.143. The number of aromatic nitrogens is 1. The maximum Gasteiger partial charge on any atom is 0.255 e. The van der Waals surface area contributed by atoms with Gasteiger partial charge in [0.1, 0.15) is 10.3 Å². The molecule has 1 amide bonds. The van der Waals surface area contributed by atoms with E-state index >= 15 is 0 Å². The normalized spacial score (nSPS) is 10.3. The molecule has 98 valence electrons. The number of rotatable bonds is 2. The van der Waals surface area contributed by atoms with Gasteiger partial charge in [0, 0.05) is 11.3 Å². The Bertz CT molecular complexity index is 621. The zero-order valence-corrected chi connectivity index (χ0v) is 12.0. The molecule has 1 aromatic heterocycles. The average molecular weight is 295 g/mol. The molecule has 0 aliphatic carbocycles.